The summed E-state index contributed by atoms with van der Waals surface area (Å²) in [7, 11) is 0. The van der Waals surface area contributed by atoms with Gasteiger partial charge in [0.2, 0.25) is 0 Å². The van der Waals surface area contributed by atoms with Gasteiger partial charge >= 0.3 is 0 Å². The van der Waals surface area contributed by atoms with E-state index in [1.807, 2.05) is 12.1 Å². The van der Waals surface area contributed by atoms with Crippen LogP contribution in [0, 0.1) is 0 Å². The summed E-state index contributed by atoms with van der Waals surface area (Å²) in [6.07, 6.45) is 5.19. The van der Waals surface area contributed by atoms with E-state index in [9.17, 15) is 4.79 Å². The van der Waals surface area contributed by atoms with Crippen molar-refractivity contribution >= 4 is 48.2 Å². The summed E-state index contributed by atoms with van der Waals surface area (Å²) in [5.41, 5.74) is 0.836. The second-order valence-corrected chi connectivity index (χ2v) is 7.72. The molecular weight excluding hydrogens is 362 g/mol. The molecule has 0 atom stereocenters. The molecule has 0 spiro atoms. The lowest BCUT2D eigenvalue weighted by Gasteiger charge is -2.34. The molecule has 0 amide bonds. The number of aromatic amines is 1. The number of anilines is 1. The van der Waals surface area contributed by atoms with Crippen molar-refractivity contribution in [2.45, 2.75) is 0 Å². The summed E-state index contributed by atoms with van der Waals surface area (Å²) in [6.45, 7) is 4.53. The zero-order valence-corrected chi connectivity index (χ0v) is 15.5. The number of H-pyrrole nitrogens is 1. The van der Waals surface area contributed by atoms with Crippen LogP contribution in [0.15, 0.2) is 35.5 Å². The molecule has 0 saturated carbocycles. The number of hydrogen-bond acceptors (Lipinski definition) is 7. The highest BCUT2D eigenvalue weighted by Crippen LogP contribution is 2.39. The predicted molar refractivity (Wildman–Crippen MR) is 109 cm³/mol. The lowest BCUT2D eigenvalue weighted by Crippen LogP contribution is -2.47. The maximum Gasteiger partial charge on any atom is 0.256 e. The molecule has 7 nitrogen and oxygen atoms in total. The molecule has 1 saturated heterocycles. The van der Waals surface area contributed by atoms with E-state index in [1.165, 1.54) is 0 Å². The van der Waals surface area contributed by atoms with Gasteiger partial charge in [0.15, 0.2) is 5.13 Å². The van der Waals surface area contributed by atoms with Crippen LogP contribution in [0.2, 0.25) is 0 Å². The van der Waals surface area contributed by atoms with E-state index < -0.39 is 0 Å². The van der Waals surface area contributed by atoms with E-state index in [-0.39, 0.29) is 12.2 Å². The van der Waals surface area contributed by atoms with E-state index in [2.05, 4.69) is 19.8 Å². The van der Waals surface area contributed by atoms with Crippen molar-refractivity contribution < 1.29 is 5.11 Å². The molecule has 1 aliphatic rings. The predicted octanol–water partition coefficient (Wildman–Crippen LogP) is 1.80. The third kappa shape index (κ3) is 2.68. The molecule has 8 heteroatoms. The van der Waals surface area contributed by atoms with Gasteiger partial charge in [-0.15, -0.1) is 0 Å². The number of pyridine rings is 2. The number of benzene rings is 1. The minimum absolute atomic E-state index is 0.0973. The molecule has 4 heterocycles. The summed E-state index contributed by atoms with van der Waals surface area (Å²) in [5.74, 6) is 0. The molecule has 0 unspecified atom stereocenters. The Bertz CT molecular complexity index is 1190. The number of aliphatic hydroxyl groups is 1. The summed E-state index contributed by atoms with van der Waals surface area (Å²) in [4.78, 5) is 29.0. The number of thiazole rings is 1. The molecule has 0 aliphatic carbocycles. The molecule has 1 aromatic carbocycles. The number of aliphatic hydroxyl groups excluding tert-OH is 1. The van der Waals surface area contributed by atoms with E-state index in [4.69, 9.17) is 10.1 Å². The largest absolute Gasteiger partial charge is 0.395 e. The average Bonchev–Trinajstić information content (AvgIpc) is 3.15. The Morgan fingerprint density at radius 3 is 2.81 bits per heavy atom. The molecule has 27 heavy (non-hydrogen) atoms. The normalized spacial score (nSPS) is 16.0. The Morgan fingerprint density at radius 1 is 1.15 bits per heavy atom. The first-order valence-electron chi connectivity index (χ1n) is 9.02. The number of nitrogens with zero attached hydrogens (tertiary/aromatic N) is 4. The van der Waals surface area contributed by atoms with Crippen molar-refractivity contribution in [2.75, 3.05) is 44.2 Å². The highest BCUT2D eigenvalue weighted by Gasteiger charge is 2.21. The minimum atomic E-state index is -0.0973. The number of hydrogen-bond donors (Lipinski definition) is 2. The van der Waals surface area contributed by atoms with Crippen LogP contribution in [0.4, 0.5) is 5.13 Å². The van der Waals surface area contributed by atoms with Crippen molar-refractivity contribution in [1.29, 1.82) is 0 Å². The third-order valence-corrected chi connectivity index (χ3v) is 6.38. The lowest BCUT2D eigenvalue weighted by atomic mass is 10.0. The van der Waals surface area contributed by atoms with Crippen LogP contribution < -0.4 is 10.5 Å². The monoisotopic (exact) mass is 381 g/mol. The van der Waals surface area contributed by atoms with E-state index in [1.54, 1.807) is 29.9 Å². The van der Waals surface area contributed by atoms with Crippen molar-refractivity contribution in [1.82, 2.24) is 19.9 Å². The van der Waals surface area contributed by atoms with E-state index in [0.29, 0.717) is 5.39 Å². The molecule has 0 radical (unpaired) electrons. The van der Waals surface area contributed by atoms with Gasteiger partial charge in [0.1, 0.15) is 0 Å². The highest BCUT2D eigenvalue weighted by molar-refractivity contribution is 7.23. The van der Waals surface area contributed by atoms with Crippen molar-refractivity contribution in [3.63, 3.8) is 0 Å². The fourth-order valence-electron chi connectivity index (χ4n) is 3.85. The Kier molecular flexibility index (Phi) is 4.04. The van der Waals surface area contributed by atoms with Crippen LogP contribution in [0.5, 0.6) is 0 Å². The van der Waals surface area contributed by atoms with Gasteiger partial charge in [-0.2, -0.15) is 0 Å². The van der Waals surface area contributed by atoms with Crippen LogP contribution >= 0.6 is 11.3 Å². The first-order valence-corrected chi connectivity index (χ1v) is 9.83. The molecule has 1 fully saturated rings. The van der Waals surface area contributed by atoms with Crippen molar-refractivity contribution in [3.8, 4) is 0 Å². The quantitative estimate of drug-likeness (QED) is 0.527. The fourth-order valence-corrected chi connectivity index (χ4v) is 5.01. The molecule has 2 N–H and O–H groups in total. The molecule has 3 aromatic heterocycles. The molecule has 4 aromatic rings. The second kappa shape index (κ2) is 6.56. The highest BCUT2D eigenvalue weighted by atomic mass is 32.1. The van der Waals surface area contributed by atoms with Gasteiger partial charge in [-0.3, -0.25) is 14.7 Å². The first-order chi connectivity index (χ1) is 13.3. The summed E-state index contributed by atoms with van der Waals surface area (Å²) in [5, 5.41) is 13.5. The van der Waals surface area contributed by atoms with Crippen LogP contribution in [0.25, 0.3) is 31.8 Å². The van der Waals surface area contributed by atoms with Gasteiger partial charge in [0.25, 0.3) is 5.56 Å². The molecule has 1 aliphatic heterocycles. The smallest absolute Gasteiger partial charge is 0.256 e. The van der Waals surface area contributed by atoms with Gasteiger partial charge in [0, 0.05) is 67.5 Å². The van der Waals surface area contributed by atoms with Gasteiger partial charge in [0.05, 0.1) is 22.2 Å². The van der Waals surface area contributed by atoms with Gasteiger partial charge < -0.3 is 15.0 Å². The molecule has 5 rings (SSSR count). The topological polar surface area (TPSA) is 85.4 Å². The Labute approximate surface area is 158 Å². The van der Waals surface area contributed by atoms with Crippen LogP contribution in [0.1, 0.15) is 0 Å². The van der Waals surface area contributed by atoms with Gasteiger partial charge in [-0.1, -0.05) is 11.3 Å². The summed E-state index contributed by atoms with van der Waals surface area (Å²) < 4.78 is 1.04. The first kappa shape index (κ1) is 16.6. The molecular formula is C19H19N5O2S. The number of aromatic nitrogens is 3. The number of fused-ring (bicyclic) bond motifs is 6. The van der Waals surface area contributed by atoms with Crippen LogP contribution in [-0.4, -0.2) is 64.3 Å². The zero-order valence-electron chi connectivity index (χ0n) is 14.7. The van der Waals surface area contributed by atoms with Gasteiger partial charge in [-0.05, 0) is 12.1 Å². The number of nitrogens with one attached hydrogen (secondary N) is 1. The number of β-amino-alcohol motifs (C(OH)–C–C–N with tert-alkyl or cyclic N) is 1. The average molecular weight is 381 g/mol. The van der Waals surface area contributed by atoms with E-state index >= 15 is 0 Å². The molecule has 0 bridgehead atoms. The summed E-state index contributed by atoms with van der Waals surface area (Å²) in [6, 6.07) is 3.89. The van der Waals surface area contributed by atoms with Crippen molar-refractivity contribution in [3.05, 3.63) is 41.1 Å². The lowest BCUT2D eigenvalue weighted by molar-refractivity contribution is 0.189. The third-order valence-electron chi connectivity index (χ3n) is 5.23. The Morgan fingerprint density at radius 2 is 2.00 bits per heavy atom. The van der Waals surface area contributed by atoms with Gasteiger partial charge in [-0.25, -0.2) is 4.98 Å². The van der Waals surface area contributed by atoms with Crippen LogP contribution in [-0.2, 0) is 0 Å². The maximum atomic E-state index is 12.5. The van der Waals surface area contributed by atoms with Crippen LogP contribution in [0.3, 0.4) is 0 Å². The standard InChI is InChI=1S/C19H19N5O2S/c25-10-9-23-5-7-24(8-6-23)19-22-16-12-1-3-20-11-14(12)15-13(17(16)27-19)2-4-21-18(15)26/h1-4,11,25H,5-10H2,(H,21,26). The Balaban J connectivity index is 1.68. The number of piperazine rings is 1. The zero-order chi connectivity index (χ0) is 18.4. The number of rotatable bonds is 3. The molecule has 138 valence electrons. The maximum absolute atomic E-state index is 12.5. The SMILES string of the molecule is O=c1[nH]ccc2c3sc(N4CCN(CCO)CC4)nc3c3ccncc3c12. The second-order valence-electron chi connectivity index (χ2n) is 6.74. The minimum Gasteiger partial charge on any atom is -0.395 e. The Hall–Kier alpha value is -2.55. The van der Waals surface area contributed by atoms with E-state index in [0.717, 1.165) is 64.2 Å². The summed E-state index contributed by atoms with van der Waals surface area (Å²) >= 11 is 1.65. The fraction of sp³-hybridized carbons (Fsp3) is 0.316. The van der Waals surface area contributed by atoms with Crippen molar-refractivity contribution in [2.24, 2.45) is 0 Å².